The third-order valence-corrected chi connectivity index (χ3v) is 1.24. The monoisotopic (exact) mass is 132 g/mol. The maximum absolute atomic E-state index is 5.02. The van der Waals surface area contributed by atoms with Crippen molar-refractivity contribution in [1.82, 2.24) is 5.43 Å². The normalized spacial score (nSPS) is 8.75. The van der Waals surface area contributed by atoms with Crippen LogP contribution in [0.1, 0.15) is 26.2 Å². The Kier molecular flexibility index (Phi) is 4.90. The Bertz CT molecular complexity index is 72.8. The van der Waals surface area contributed by atoms with Gasteiger partial charge in [-0.2, -0.15) is 0 Å². The zero-order chi connectivity index (χ0) is 6.41. The quantitative estimate of drug-likeness (QED) is 0.341. The SMILES string of the molecule is CCCCC(=S)NN. The van der Waals surface area contributed by atoms with Gasteiger partial charge in [0.25, 0.3) is 0 Å². The fourth-order valence-corrected chi connectivity index (χ4v) is 0.554. The van der Waals surface area contributed by atoms with Gasteiger partial charge < -0.3 is 5.43 Å². The van der Waals surface area contributed by atoms with Crippen molar-refractivity contribution >= 4 is 17.2 Å². The maximum atomic E-state index is 5.02. The molecule has 3 heteroatoms. The summed E-state index contributed by atoms with van der Waals surface area (Å²) in [7, 11) is 0. The van der Waals surface area contributed by atoms with Crippen molar-refractivity contribution in [2.45, 2.75) is 26.2 Å². The van der Waals surface area contributed by atoms with Crippen molar-refractivity contribution in [3.05, 3.63) is 0 Å². The lowest BCUT2D eigenvalue weighted by atomic mass is 10.2. The molecule has 0 fully saturated rings. The summed E-state index contributed by atoms with van der Waals surface area (Å²) in [5, 5.41) is 0. The molecular formula is C5H12N2S. The van der Waals surface area contributed by atoms with Crippen LogP contribution in [0, 0.1) is 0 Å². The first-order chi connectivity index (χ1) is 3.81. The molecule has 2 nitrogen and oxygen atoms in total. The van der Waals surface area contributed by atoms with Gasteiger partial charge in [0.05, 0.1) is 4.99 Å². The number of nitrogens with one attached hydrogen (secondary N) is 1. The van der Waals surface area contributed by atoms with Gasteiger partial charge >= 0.3 is 0 Å². The highest BCUT2D eigenvalue weighted by Gasteiger charge is 1.88. The van der Waals surface area contributed by atoms with Gasteiger partial charge in [-0.3, -0.25) is 5.84 Å². The largest absolute Gasteiger partial charge is 0.318 e. The number of thiocarbonyl (C=S) groups is 1. The Hall–Kier alpha value is -0.150. The molecule has 0 atom stereocenters. The molecule has 0 saturated carbocycles. The predicted octanol–water partition coefficient (Wildman–Crippen LogP) is 0.967. The number of hydrogen-bond acceptors (Lipinski definition) is 2. The zero-order valence-corrected chi connectivity index (χ0v) is 5.92. The minimum absolute atomic E-state index is 0.756. The van der Waals surface area contributed by atoms with Crippen LogP contribution in [0.4, 0.5) is 0 Å². The molecule has 8 heavy (non-hydrogen) atoms. The number of unbranched alkanes of at least 4 members (excludes halogenated alkanes) is 1. The Morgan fingerprint density at radius 3 is 2.75 bits per heavy atom. The Morgan fingerprint density at radius 1 is 1.75 bits per heavy atom. The molecule has 0 rings (SSSR count). The van der Waals surface area contributed by atoms with Gasteiger partial charge in [0.1, 0.15) is 0 Å². The third-order valence-electron chi connectivity index (χ3n) is 0.918. The zero-order valence-electron chi connectivity index (χ0n) is 5.11. The van der Waals surface area contributed by atoms with E-state index in [-0.39, 0.29) is 0 Å². The summed E-state index contributed by atoms with van der Waals surface area (Å²) in [6.07, 6.45) is 3.22. The molecule has 0 saturated heterocycles. The fourth-order valence-electron chi connectivity index (χ4n) is 0.410. The van der Waals surface area contributed by atoms with Crippen LogP contribution in [0.2, 0.25) is 0 Å². The smallest absolute Gasteiger partial charge is 0.0893 e. The second kappa shape index (κ2) is 5.00. The Morgan fingerprint density at radius 2 is 2.38 bits per heavy atom. The van der Waals surface area contributed by atoms with E-state index in [9.17, 15) is 0 Å². The molecule has 0 radical (unpaired) electrons. The van der Waals surface area contributed by atoms with Crippen molar-refractivity contribution < 1.29 is 0 Å². The van der Waals surface area contributed by atoms with Gasteiger partial charge in [0.15, 0.2) is 0 Å². The van der Waals surface area contributed by atoms with Crippen LogP contribution in [0.15, 0.2) is 0 Å². The lowest BCUT2D eigenvalue weighted by Crippen LogP contribution is -2.27. The number of nitrogens with two attached hydrogens (primary N) is 1. The van der Waals surface area contributed by atoms with E-state index in [4.69, 9.17) is 18.1 Å². The van der Waals surface area contributed by atoms with Gasteiger partial charge in [-0.1, -0.05) is 25.6 Å². The fraction of sp³-hybridized carbons (Fsp3) is 0.800. The summed E-state index contributed by atoms with van der Waals surface area (Å²) >= 11 is 4.78. The van der Waals surface area contributed by atoms with Gasteiger partial charge in [0.2, 0.25) is 0 Å². The predicted molar refractivity (Wildman–Crippen MR) is 39.4 cm³/mol. The van der Waals surface area contributed by atoms with E-state index in [1.807, 2.05) is 0 Å². The maximum Gasteiger partial charge on any atom is 0.0893 e. The van der Waals surface area contributed by atoms with Crippen molar-refractivity contribution in [2.75, 3.05) is 0 Å². The Labute approximate surface area is 55.4 Å². The molecule has 0 aliphatic carbocycles. The lowest BCUT2D eigenvalue weighted by Gasteiger charge is -1.97. The van der Waals surface area contributed by atoms with E-state index in [0.29, 0.717) is 0 Å². The van der Waals surface area contributed by atoms with Gasteiger partial charge in [-0.05, 0) is 12.8 Å². The molecule has 0 unspecified atom stereocenters. The van der Waals surface area contributed by atoms with Crippen LogP contribution in [0.3, 0.4) is 0 Å². The second-order valence-electron chi connectivity index (χ2n) is 1.67. The first kappa shape index (κ1) is 7.85. The number of hydrazine groups is 1. The highest BCUT2D eigenvalue weighted by atomic mass is 32.1. The van der Waals surface area contributed by atoms with Crippen LogP contribution in [-0.4, -0.2) is 4.99 Å². The lowest BCUT2D eigenvalue weighted by molar-refractivity contribution is 0.819. The molecule has 0 bridgehead atoms. The summed E-state index contributed by atoms with van der Waals surface area (Å²) in [6, 6.07) is 0. The molecule has 0 spiro atoms. The van der Waals surface area contributed by atoms with E-state index >= 15 is 0 Å². The molecule has 48 valence electrons. The summed E-state index contributed by atoms with van der Waals surface area (Å²) in [4.78, 5) is 0.756. The van der Waals surface area contributed by atoms with Crippen molar-refractivity contribution in [3.8, 4) is 0 Å². The molecule has 0 aromatic rings. The standard InChI is InChI=1S/C5H12N2S/c1-2-3-4-5(8)7-6/h2-4,6H2,1H3,(H,7,8). The molecule has 0 aliphatic heterocycles. The van der Waals surface area contributed by atoms with Gasteiger partial charge in [-0.15, -0.1) is 0 Å². The second-order valence-corrected chi connectivity index (χ2v) is 2.16. The molecule has 0 aromatic heterocycles. The van der Waals surface area contributed by atoms with E-state index in [0.717, 1.165) is 17.8 Å². The Balaban J connectivity index is 2.99. The average Bonchev–Trinajstić information content (AvgIpc) is 1.83. The van der Waals surface area contributed by atoms with Crippen LogP contribution in [0.5, 0.6) is 0 Å². The molecule has 0 aromatic carbocycles. The highest BCUT2D eigenvalue weighted by Crippen LogP contribution is 1.92. The minimum Gasteiger partial charge on any atom is -0.318 e. The summed E-state index contributed by atoms with van der Waals surface area (Å²) in [5.74, 6) is 5.02. The van der Waals surface area contributed by atoms with Crippen molar-refractivity contribution in [1.29, 1.82) is 0 Å². The van der Waals surface area contributed by atoms with Crippen LogP contribution < -0.4 is 11.3 Å². The van der Waals surface area contributed by atoms with Gasteiger partial charge in [-0.25, -0.2) is 0 Å². The van der Waals surface area contributed by atoms with Crippen LogP contribution in [-0.2, 0) is 0 Å². The van der Waals surface area contributed by atoms with Crippen LogP contribution in [0.25, 0.3) is 0 Å². The first-order valence-electron chi connectivity index (χ1n) is 2.80. The molecule has 0 amide bonds. The minimum atomic E-state index is 0.756. The van der Waals surface area contributed by atoms with Gasteiger partial charge in [0, 0.05) is 0 Å². The van der Waals surface area contributed by atoms with E-state index < -0.39 is 0 Å². The van der Waals surface area contributed by atoms with Crippen LogP contribution >= 0.6 is 12.2 Å². The van der Waals surface area contributed by atoms with E-state index in [1.165, 1.54) is 6.42 Å². The highest BCUT2D eigenvalue weighted by molar-refractivity contribution is 7.80. The summed E-state index contributed by atoms with van der Waals surface area (Å²) in [6.45, 7) is 2.12. The van der Waals surface area contributed by atoms with E-state index in [2.05, 4.69) is 12.3 Å². The average molecular weight is 132 g/mol. The molecule has 3 N–H and O–H groups in total. The van der Waals surface area contributed by atoms with Crippen molar-refractivity contribution in [3.63, 3.8) is 0 Å². The number of rotatable bonds is 3. The number of hydrogen-bond donors (Lipinski definition) is 2. The molecule has 0 heterocycles. The summed E-state index contributed by atoms with van der Waals surface area (Å²) in [5.41, 5.74) is 2.43. The first-order valence-corrected chi connectivity index (χ1v) is 3.21. The third kappa shape index (κ3) is 4.02. The van der Waals surface area contributed by atoms with E-state index in [1.54, 1.807) is 0 Å². The molecular weight excluding hydrogens is 120 g/mol. The topological polar surface area (TPSA) is 38.0 Å². The summed E-state index contributed by atoms with van der Waals surface area (Å²) < 4.78 is 0. The van der Waals surface area contributed by atoms with Crippen molar-refractivity contribution in [2.24, 2.45) is 5.84 Å². The molecule has 0 aliphatic rings.